The number of ether oxygens (including phenoxy) is 1. The predicted octanol–water partition coefficient (Wildman–Crippen LogP) is 3.40. The highest BCUT2D eigenvalue weighted by Crippen LogP contribution is 2.25. The average molecular weight is 438 g/mol. The van der Waals surface area contributed by atoms with Crippen LogP contribution in [0.1, 0.15) is 54.1 Å². The van der Waals surface area contributed by atoms with Crippen LogP contribution in [-0.4, -0.2) is 55.0 Å². The number of amides is 1. The van der Waals surface area contributed by atoms with Crippen LogP contribution in [-0.2, 0) is 13.0 Å². The molecule has 1 fully saturated rings. The number of aromatic nitrogens is 1. The van der Waals surface area contributed by atoms with Crippen molar-refractivity contribution in [2.45, 2.75) is 51.7 Å². The molecule has 1 aromatic carbocycles. The first kappa shape index (κ1) is 23.6. The summed E-state index contributed by atoms with van der Waals surface area (Å²) in [5, 5.41) is 6.68. The third-order valence-corrected chi connectivity index (χ3v) is 5.47. The molecule has 1 aromatic heterocycles. The van der Waals surface area contributed by atoms with E-state index in [4.69, 9.17) is 9.73 Å². The lowest BCUT2D eigenvalue weighted by Gasteiger charge is -2.15. The molecule has 7 nitrogen and oxygen atoms in total. The van der Waals surface area contributed by atoms with Crippen LogP contribution in [0.4, 0.5) is 0 Å². The lowest BCUT2D eigenvalue weighted by molar-refractivity contribution is 0.0827. The Morgan fingerprint density at radius 1 is 1.19 bits per heavy atom. The Labute approximate surface area is 191 Å². The first-order valence-corrected chi connectivity index (χ1v) is 11.5. The Bertz CT molecular complexity index is 907. The van der Waals surface area contributed by atoms with Gasteiger partial charge in [0, 0.05) is 44.5 Å². The standard InChI is InChI=1S/C25H35N5O2/c1-4-26-25(28-16-14-19-9-7-10-20(17-19)24(31)30(2)3)29-18-21-11-8-15-27-23(21)32-22-12-5-6-13-22/h7-11,15,17,22H,4-6,12-14,16,18H2,1-3H3,(H2,26,28,29). The number of nitrogens with zero attached hydrogens (tertiary/aromatic N) is 3. The Morgan fingerprint density at radius 2 is 2.00 bits per heavy atom. The number of pyridine rings is 1. The summed E-state index contributed by atoms with van der Waals surface area (Å²) in [6, 6.07) is 11.7. The number of hydrogen-bond donors (Lipinski definition) is 2. The summed E-state index contributed by atoms with van der Waals surface area (Å²) in [7, 11) is 3.53. The third-order valence-electron chi connectivity index (χ3n) is 5.47. The van der Waals surface area contributed by atoms with Crippen molar-refractivity contribution >= 4 is 11.9 Å². The van der Waals surface area contributed by atoms with Gasteiger partial charge >= 0.3 is 0 Å². The number of carbonyl (C=O) groups is 1. The van der Waals surface area contributed by atoms with Crippen molar-refractivity contribution in [3.05, 3.63) is 59.3 Å². The van der Waals surface area contributed by atoms with Crippen LogP contribution < -0.4 is 15.4 Å². The molecule has 2 aromatic rings. The van der Waals surface area contributed by atoms with E-state index in [1.807, 2.05) is 43.3 Å². The lowest BCUT2D eigenvalue weighted by atomic mass is 10.1. The van der Waals surface area contributed by atoms with E-state index in [0.29, 0.717) is 24.5 Å². The zero-order valence-electron chi connectivity index (χ0n) is 19.4. The Hall–Kier alpha value is -3.09. The molecule has 0 spiro atoms. The van der Waals surface area contributed by atoms with E-state index in [1.54, 1.807) is 25.2 Å². The zero-order chi connectivity index (χ0) is 22.8. The van der Waals surface area contributed by atoms with Gasteiger partial charge < -0.3 is 20.3 Å². The van der Waals surface area contributed by atoms with Crippen molar-refractivity contribution in [3.8, 4) is 5.88 Å². The molecular weight excluding hydrogens is 402 g/mol. The largest absolute Gasteiger partial charge is 0.474 e. The van der Waals surface area contributed by atoms with Gasteiger partial charge in [0.15, 0.2) is 5.96 Å². The molecule has 0 radical (unpaired) electrons. The average Bonchev–Trinajstić information content (AvgIpc) is 3.31. The molecular formula is C25H35N5O2. The van der Waals surface area contributed by atoms with E-state index in [2.05, 4.69) is 15.6 Å². The van der Waals surface area contributed by atoms with E-state index in [1.165, 1.54) is 12.8 Å². The van der Waals surface area contributed by atoms with E-state index in [-0.39, 0.29) is 12.0 Å². The smallest absolute Gasteiger partial charge is 0.253 e. The van der Waals surface area contributed by atoms with Crippen LogP contribution in [0.3, 0.4) is 0 Å². The van der Waals surface area contributed by atoms with E-state index < -0.39 is 0 Å². The molecule has 2 N–H and O–H groups in total. The number of benzene rings is 1. The Kier molecular flexibility index (Phi) is 8.90. The second-order valence-corrected chi connectivity index (χ2v) is 8.26. The number of nitrogens with one attached hydrogen (secondary N) is 2. The molecule has 0 saturated heterocycles. The maximum atomic E-state index is 12.2. The zero-order valence-corrected chi connectivity index (χ0v) is 19.4. The van der Waals surface area contributed by atoms with Crippen LogP contribution in [0.5, 0.6) is 5.88 Å². The first-order chi connectivity index (χ1) is 15.6. The molecule has 0 aliphatic heterocycles. The van der Waals surface area contributed by atoms with E-state index in [0.717, 1.165) is 42.9 Å². The Balaban J connectivity index is 1.58. The van der Waals surface area contributed by atoms with Gasteiger partial charge in [-0.25, -0.2) is 9.98 Å². The molecule has 1 heterocycles. The molecule has 1 saturated carbocycles. The molecule has 1 aliphatic carbocycles. The minimum atomic E-state index is 0.0156. The van der Waals surface area contributed by atoms with Gasteiger partial charge in [-0.1, -0.05) is 18.2 Å². The normalized spacial score (nSPS) is 14.3. The van der Waals surface area contributed by atoms with Crippen LogP contribution in [0.2, 0.25) is 0 Å². The van der Waals surface area contributed by atoms with Crippen LogP contribution >= 0.6 is 0 Å². The molecule has 0 atom stereocenters. The van der Waals surface area contributed by atoms with Gasteiger partial charge in [-0.2, -0.15) is 0 Å². The van der Waals surface area contributed by atoms with Crippen molar-refractivity contribution in [1.82, 2.24) is 20.5 Å². The molecule has 0 unspecified atom stereocenters. The van der Waals surface area contributed by atoms with Crippen LogP contribution in [0.15, 0.2) is 47.6 Å². The van der Waals surface area contributed by atoms with Gasteiger partial charge in [0.1, 0.15) is 6.10 Å². The minimum Gasteiger partial charge on any atom is -0.474 e. The van der Waals surface area contributed by atoms with Crippen LogP contribution in [0, 0.1) is 0 Å². The highest BCUT2D eigenvalue weighted by Gasteiger charge is 2.18. The second kappa shape index (κ2) is 12.1. The number of rotatable bonds is 9. The number of carbonyl (C=O) groups excluding carboxylic acids is 1. The molecule has 0 bridgehead atoms. The van der Waals surface area contributed by atoms with Crippen molar-refractivity contribution in [2.75, 3.05) is 27.2 Å². The Morgan fingerprint density at radius 3 is 2.75 bits per heavy atom. The summed E-state index contributed by atoms with van der Waals surface area (Å²) < 4.78 is 6.13. The quantitative estimate of drug-likeness (QED) is 0.464. The first-order valence-electron chi connectivity index (χ1n) is 11.5. The molecule has 7 heteroatoms. The highest BCUT2D eigenvalue weighted by molar-refractivity contribution is 5.94. The van der Waals surface area contributed by atoms with Crippen molar-refractivity contribution in [1.29, 1.82) is 0 Å². The maximum absolute atomic E-state index is 12.2. The highest BCUT2D eigenvalue weighted by atomic mass is 16.5. The van der Waals surface area contributed by atoms with Gasteiger partial charge in [0.2, 0.25) is 5.88 Å². The monoisotopic (exact) mass is 437 g/mol. The molecule has 1 amide bonds. The fourth-order valence-electron chi connectivity index (χ4n) is 3.76. The second-order valence-electron chi connectivity index (χ2n) is 8.26. The fraction of sp³-hybridized carbons (Fsp3) is 0.480. The fourth-order valence-corrected chi connectivity index (χ4v) is 3.76. The number of guanidine groups is 1. The third kappa shape index (κ3) is 6.97. The summed E-state index contributed by atoms with van der Waals surface area (Å²) in [4.78, 5) is 23.0. The van der Waals surface area contributed by atoms with Crippen molar-refractivity contribution in [2.24, 2.45) is 4.99 Å². The van der Waals surface area contributed by atoms with E-state index in [9.17, 15) is 4.79 Å². The SMILES string of the molecule is CCNC(=NCc1cccnc1OC1CCCC1)NCCc1cccc(C(=O)N(C)C)c1. The van der Waals surface area contributed by atoms with Crippen molar-refractivity contribution < 1.29 is 9.53 Å². The number of hydrogen-bond acceptors (Lipinski definition) is 4. The van der Waals surface area contributed by atoms with Gasteiger partial charge in [-0.15, -0.1) is 0 Å². The molecule has 1 aliphatic rings. The van der Waals surface area contributed by atoms with Gasteiger partial charge in [0.25, 0.3) is 5.91 Å². The summed E-state index contributed by atoms with van der Waals surface area (Å²) >= 11 is 0. The summed E-state index contributed by atoms with van der Waals surface area (Å²) in [5.41, 5.74) is 2.81. The lowest BCUT2D eigenvalue weighted by Crippen LogP contribution is -2.38. The molecule has 3 rings (SSSR count). The summed E-state index contributed by atoms with van der Waals surface area (Å²) in [5.74, 6) is 1.46. The van der Waals surface area contributed by atoms with Gasteiger partial charge in [-0.05, 0) is 62.8 Å². The van der Waals surface area contributed by atoms with E-state index >= 15 is 0 Å². The summed E-state index contributed by atoms with van der Waals surface area (Å²) in [6.45, 7) is 4.03. The molecule has 172 valence electrons. The summed E-state index contributed by atoms with van der Waals surface area (Å²) in [6.07, 6.45) is 7.50. The predicted molar refractivity (Wildman–Crippen MR) is 128 cm³/mol. The topological polar surface area (TPSA) is 78.9 Å². The van der Waals surface area contributed by atoms with Gasteiger partial charge in [-0.3, -0.25) is 4.79 Å². The number of aliphatic imine (C=N–C) groups is 1. The maximum Gasteiger partial charge on any atom is 0.253 e. The minimum absolute atomic E-state index is 0.0156. The van der Waals surface area contributed by atoms with Crippen LogP contribution in [0.25, 0.3) is 0 Å². The molecule has 32 heavy (non-hydrogen) atoms. The van der Waals surface area contributed by atoms with Gasteiger partial charge in [0.05, 0.1) is 6.54 Å². The van der Waals surface area contributed by atoms with Crippen molar-refractivity contribution in [3.63, 3.8) is 0 Å².